The number of hydrogen-bond donors (Lipinski definition) is 0. The first-order valence-electron chi connectivity index (χ1n) is 13.0. The van der Waals surface area contributed by atoms with Gasteiger partial charge in [0.15, 0.2) is 0 Å². The molecule has 37 heavy (non-hydrogen) atoms. The molecule has 0 radical (unpaired) electrons. The van der Waals surface area contributed by atoms with Gasteiger partial charge in [0, 0.05) is 11.1 Å². The summed E-state index contributed by atoms with van der Waals surface area (Å²) in [5.74, 6) is 1.00. The van der Waals surface area contributed by atoms with Gasteiger partial charge in [-0.25, -0.2) is 0 Å². The molecule has 0 aliphatic rings. The number of ether oxygens (including phenoxy) is 1. The summed E-state index contributed by atoms with van der Waals surface area (Å²) in [6.45, 7) is 13.6. The summed E-state index contributed by atoms with van der Waals surface area (Å²) < 4.78 is 6.08. The smallest absolute Gasteiger partial charge is 0.126 e. The number of benzene rings is 5. The van der Waals surface area contributed by atoms with E-state index < -0.39 is 0 Å². The van der Waals surface area contributed by atoms with Crippen molar-refractivity contribution in [1.82, 2.24) is 0 Å². The predicted octanol–water partition coefficient (Wildman–Crippen LogP) is 9.43. The lowest BCUT2D eigenvalue weighted by atomic mass is 9.77. The maximum Gasteiger partial charge on any atom is 0.126 e. The zero-order chi connectivity index (χ0) is 26.5. The second-order valence-corrected chi connectivity index (χ2v) is 12.7. The minimum atomic E-state index is -0.0659. The minimum absolute atomic E-state index is 0.0659. The Morgan fingerprint density at radius 2 is 1.08 bits per heavy atom. The van der Waals surface area contributed by atoms with Crippen molar-refractivity contribution < 1.29 is 4.74 Å². The normalized spacial score (nSPS) is 12.3. The Bertz CT molecular complexity index is 1590. The first-order valence-corrected chi connectivity index (χ1v) is 13.6. The summed E-state index contributed by atoms with van der Waals surface area (Å²) >= 11 is 0. The highest BCUT2D eigenvalue weighted by Gasteiger charge is 2.28. The summed E-state index contributed by atoms with van der Waals surface area (Å²) in [7, 11) is 4.80. The number of fused-ring (bicyclic) bond motifs is 2. The van der Waals surface area contributed by atoms with E-state index in [-0.39, 0.29) is 10.8 Å². The molecule has 0 aliphatic heterocycles. The van der Waals surface area contributed by atoms with E-state index in [1.807, 2.05) is 0 Å². The van der Waals surface area contributed by atoms with Crippen LogP contribution in [0, 0.1) is 0 Å². The zero-order valence-electron chi connectivity index (χ0n) is 23.1. The first-order chi connectivity index (χ1) is 17.5. The van der Waals surface area contributed by atoms with Crippen molar-refractivity contribution in [2.75, 3.05) is 7.11 Å². The van der Waals surface area contributed by atoms with Gasteiger partial charge in [-0.05, 0) is 72.1 Å². The van der Waals surface area contributed by atoms with Crippen LogP contribution in [0.5, 0.6) is 5.75 Å². The highest BCUT2D eigenvalue weighted by atomic mass is 31.0. The fraction of sp³-hybridized carbons (Fsp3) is 0.257. The van der Waals surface area contributed by atoms with Crippen LogP contribution in [0.3, 0.4) is 0 Å². The van der Waals surface area contributed by atoms with Crippen molar-refractivity contribution in [3.8, 4) is 28.0 Å². The van der Waals surface area contributed by atoms with E-state index >= 15 is 0 Å². The van der Waals surface area contributed by atoms with E-state index in [0.717, 1.165) is 5.75 Å². The van der Waals surface area contributed by atoms with Gasteiger partial charge in [0.25, 0.3) is 0 Å². The molecule has 0 fully saturated rings. The second-order valence-electron chi connectivity index (χ2n) is 12.1. The molecule has 5 aromatic rings. The molecular formula is C35H37OP. The molecule has 0 aromatic heterocycles. The van der Waals surface area contributed by atoms with Gasteiger partial charge in [-0.15, -0.1) is 9.24 Å². The molecule has 0 saturated carbocycles. The van der Waals surface area contributed by atoms with Gasteiger partial charge in [-0.3, -0.25) is 0 Å². The summed E-state index contributed by atoms with van der Waals surface area (Å²) in [5, 5.41) is 6.25. The molecule has 1 unspecified atom stereocenters. The highest BCUT2D eigenvalue weighted by molar-refractivity contribution is 7.28. The summed E-state index contributed by atoms with van der Waals surface area (Å²) in [4.78, 5) is 0. The standard InChI is InChI=1S/C35H37OP/c1-34(2,3)28-20-24(21-29(33(28)36-7)35(4,5)6)27-18-16-22-12-8-10-14-25(22)31(27)32-26-15-11-9-13-23(26)17-19-30(32)37/h8-21H,37H2,1-7H3. The molecule has 5 aromatic carbocycles. The van der Waals surface area contributed by atoms with Crippen molar-refractivity contribution >= 4 is 36.1 Å². The van der Waals surface area contributed by atoms with E-state index in [1.54, 1.807) is 7.11 Å². The van der Waals surface area contributed by atoms with E-state index in [9.17, 15) is 0 Å². The van der Waals surface area contributed by atoms with Crippen molar-refractivity contribution in [3.05, 3.63) is 96.1 Å². The van der Waals surface area contributed by atoms with Crippen LogP contribution in [0.1, 0.15) is 52.7 Å². The number of rotatable bonds is 3. The lowest BCUT2D eigenvalue weighted by molar-refractivity contribution is 0.381. The van der Waals surface area contributed by atoms with Crippen molar-refractivity contribution in [2.24, 2.45) is 0 Å². The lowest BCUT2D eigenvalue weighted by Crippen LogP contribution is -2.19. The molecule has 5 rings (SSSR count). The van der Waals surface area contributed by atoms with Gasteiger partial charge in [0.1, 0.15) is 5.75 Å². The molecule has 0 bridgehead atoms. The monoisotopic (exact) mass is 504 g/mol. The summed E-state index contributed by atoms with van der Waals surface area (Å²) in [6, 6.07) is 31.2. The summed E-state index contributed by atoms with van der Waals surface area (Å²) in [6.07, 6.45) is 0. The lowest BCUT2D eigenvalue weighted by Gasteiger charge is -2.30. The Hall–Kier alpha value is -3.15. The van der Waals surface area contributed by atoms with E-state index in [2.05, 4.69) is 136 Å². The average molecular weight is 505 g/mol. The van der Waals surface area contributed by atoms with Crippen LogP contribution in [-0.2, 0) is 10.8 Å². The van der Waals surface area contributed by atoms with Crippen molar-refractivity contribution in [2.45, 2.75) is 52.4 Å². The maximum absolute atomic E-state index is 6.08. The van der Waals surface area contributed by atoms with Crippen LogP contribution in [0.2, 0.25) is 0 Å². The SMILES string of the molecule is COc1c(C(C)(C)C)cc(-c2ccc3ccccc3c2-c2c(P)ccc3ccccc23)cc1C(C)(C)C. The van der Waals surface area contributed by atoms with Gasteiger partial charge in [-0.1, -0.05) is 114 Å². The van der Waals surface area contributed by atoms with Crippen LogP contribution in [0.25, 0.3) is 43.8 Å². The van der Waals surface area contributed by atoms with Crippen molar-refractivity contribution in [3.63, 3.8) is 0 Å². The van der Waals surface area contributed by atoms with Crippen LogP contribution in [-0.4, -0.2) is 7.11 Å². The molecule has 188 valence electrons. The van der Waals surface area contributed by atoms with E-state index in [1.165, 1.54) is 60.2 Å². The molecule has 0 heterocycles. The van der Waals surface area contributed by atoms with Gasteiger partial charge in [-0.2, -0.15) is 0 Å². The molecule has 0 saturated heterocycles. The Kier molecular flexibility index (Phi) is 6.41. The van der Waals surface area contributed by atoms with Gasteiger partial charge in [0.05, 0.1) is 7.11 Å². The first kappa shape index (κ1) is 25.5. The van der Waals surface area contributed by atoms with E-state index in [4.69, 9.17) is 4.74 Å². The fourth-order valence-electron chi connectivity index (χ4n) is 5.47. The average Bonchev–Trinajstić information content (AvgIpc) is 2.86. The highest BCUT2D eigenvalue weighted by Crippen LogP contribution is 2.46. The molecule has 0 N–H and O–H groups in total. The Balaban J connectivity index is 1.96. The van der Waals surface area contributed by atoms with Crippen LogP contribution < -0.4 is 10.0 Å². The molecule has 2 heteroatoms. The zero-order valence-corrected chi connectivity index (χ0v) is 24.2. The van der Waals surface area contributed by atoms with Crippen molar-refractivity contribution in [1.29, 1.82) is 0 Å². The molecule has 0 amide bonds. The summed E-state index contributed by atoms with van der Waals surface area (Å²) in [5.41, 5.74) is 7.38. The molecule has 0 aliphatic carbocycles. The van der Waals surface area contributed by atoms with Gasteiger partial charge < -0.3 is 4.74 Å². The molecule has 0 spiro atoms. The fourth-order valence-corrected chi connectivity index (χ4v) is 5.86. The third kappa shape index (κ3) is 4.55. The third-order valence-corrected chi connectivity index (χ3v) is 7.84. The Morgan fingerprint density at radius 3 is 1.59 bits per heavy atom. The Morgan fingerprint density at radius 1 is 0.595 bits per heavy atom. The van der Waals surface area contributed by atoms with Gasteiger partial charge in [0.2, 0.25) is 0 Å². The Labute approximate surface area is 224 Å². The third-order valence-electron chi connectivity index (χ3n) is 7.36. The predicted molar refractivity (Wildman–Crippen MR) is 166 cm³/mol. The quantitative estimate of drug-likeness (QED) is 0.222. The number of methoxy groups -OCH3 is 1. The van der Waals surface area contributed by atoms with Crippen LogP contribution >= 0.6 is 9.24 Å². The van der Waals surface area contributed by atoms with Crippen LogP contribution in [0.4, 0.5) is 0 Å². The maximum atomic E-state index is 6.08. The van der Waals surface area contributed by atoms with E-state index in [0.29, 0.717) is 0 Å². The second kappa shape index (κ2) is 9.30. The largest absolute Gasteiger partial charge is 0.496 e. The van der Waals surface area contributed by atoms with Gasteiger partial charge >= 0.3 is 0 Å². The number of hydrogen-bond acceptors (Lipinski definition) is 1. The topological polar surface area (TPSA) is 9.23 Å². The molecule has 1 nitrogen and oxygen atoms in total. The molecular weight excluding hydrogens is 467 g/mol. The minimum Gasteiger partial charge on any atom is -0.496 e. The van der Waals surface area contributed by atoms with Crippen LogP contribution in [0.15, 0.2) is 84.9 Å². The molecule has 1 atom stereocenters.